The Labute approximate surface area is 192 Å². The lowest BCUT2D eigenvalue weighted by atomic mass is 10.1. The Morgan fingerprint density at radius 2 is 1.47 bits per heavy atom. The Balaban J connectivity index is 2.16. The van der Waals surface area contributed by atoms with Crippen molar-refractivity contribution in [3.05, 3.63) is 44.3 Å². The van der Waals surface area contributed by atoms with Crippen molar-refractivity contribution in [1.82, 2.24) is 5.32 Å². The van der Waals surface area contributed by atoms with Gasteiger partial charge in [-0.05, 0) is 67.3 Å². The summed E-state index contributed by atoms with van der Waals surface area (Å²) in [6.07, 6.45) is 3.13. The number of rotatable bonds is 9. The summed E-state index contributed by atoms with van der Waals surface area (Å²) in [6.45, 7) is 0.260. The molecule has 2 aromatic rings. The van der Waals surface area contributed by atoms with E-state index in [2.05, 4.69) is 37.2 Å². The molecule has 0 aliphatic carbocycles. The molecule has 0 aliphatic rings. The van der Waals surface area contributed by atoms with Gasteiger partial charge >= 0.3 is 0 Å². The van der Waals surface area contributed by atoms with Crippen molar-refractivity contribution in [2.45, 2.75) is 6.54 Å². The summed E-state index contributed by atoms with van der Waals surface area (Å²) in [5.74, 6) is 2.36. The molecule has 0 aliphatic heterocycles. The molecule has 0 atom stereocenters. The van der Waals surface area contributed by atoms with Gasteiger partial charge in [-0.15, -0.1) is 0 Å². The average molecular weight is 545 g/mol. The van der Waals surface area contributed by atoms with Crippen molar-refractivity contribution in [3.63, 3.8) is 0 Å². The highest BCUT2D eigenvalue weighted by Crippen LogP contribution is 2.44. The minimum absolute atomic E-state index is 0.260. The summed E-state index contributed by atoms with van der Waals surface area (Å²) in [6, 6.07) is 5.39. The first kappa shape index (κ1) is 23.9. The van der Waals surface area contributed by atoms with Gasteiger partial charge in [0, 0.05) is 12.6 Å². The van der Waals surface area contributed by atoms with E-state index in [1.807, 2.05) is 6.07 Å². The Morgan fingerprint density at radius 3 is 2.03 bits per heavy atom. The highest BCUT2D eigenvalue weighted by Gasteiger charge is 2.19. The standard InChI is InChI=1S/C21H23Br2NO6/c1-26-15-9-12(8-14(22)19(15)28-3)6-7-17(25)24-11-13-10-16(27-2)20(29-4)21(30-5)18(13)23/h6-10H,11H2,1-5H3,(H,24,25)/b7-6+. The summed E-state index contributed by atoms with van der Waals surface area (Å²) in [5, 5.41) is 2.84. The highest BCUT2D eigenvalue weighted by atomic mass is 79.9. The fraction of sp³-hybridized carbons (Fsp3) is 0.286. The molecule has 0 saturated heterocycles. The number of carbonyl (C=O) groups is 1. The Morgan fingerprint density at radius 1 is 0.867 bits per heavy atom. The van der Waals surface area contributed by atoms with Crippen molar-refractivity contribution in [2.24, 2.45) is 0 Å². The molecule has 0 saturated carbocycles. The Bertz CT molecular complexity index is 946. The zero-order chi connectivity index (χ0) is 22.3. The van der Waals surface area contributed by atoms with Crippen LogP contribution in [-0.4, -0.2) is 41.5 Å². The Kier molecular flexibility index (Phi) is 8.86. The smallest absolute Gasteiger partial charge is 0.244 e. The minimum atomic E-state index is -0.262. The van der Waals surface area contributed by atoms with Gasteiger partial charge in [-0.25, -0.2) is 0 Å². The molecule has 9 heteroatoms. The van der Waals surface area contributed by atoms with Crippen LogP contribution in [0, 0.1) is 0 Å². The molecule has 2 rings (SSSR count). The summed E-state index contributed by atoms with van der Waals surface area (Å²) in [5.41, 5.74) is 1.56. The molecule has 0 fully saturated rings. The molecule has 0 aromatic heterocycles. The summed E-state index contributed by atoms with van der Waals surface area (Å²) < 4.78 is 28.1. The van der Waals surface area contributed by atoms with E-state index in [-0.39, 0.29) is 12.5 Å². The van der Waals surface area contributed by atoms with Crippen molar-refractivity contribution in [2.75, 3.05) is 35.5 Å². The van der Waals surface area contributed by atoms with E-state index in [1.54, 1.807) is 32.4 Å². The number of halogens is 2. The molecule has 162 valence electrons. The van der Waals surface area contributed by atoms with Gasteiger partial charge in [0.05, 0.1) is 44.5 Å². The van der Waals surface area contributed by atoms with Crippen LogP contribution in [0.4, 0.5) is 0 Å². The number of nitrogens with one attached hydrogen (secondary N) is 1. The number of methoxy groups -OCH3 is 5. The molecule has 0 bridgehead atoms. The van der Waals surface area contributed by atoms with E-state index in [9.17, 15) is 4.79 Å². The third kappa shape index (κ3) is 5.40. The van der Waals surface area contributed by atoms with Gasteiger partial charge in [-0.2, -0.15) is 0 Å². The maximum Gasteiger partial charge on any atom is 0.244 e. The predicted octanol–water partition coefficient (Wildman–Crippen LogP) is 4.58. The number of hydrogen-bond donors (Lipinski definition) is 1. The van der Waals surface area contributed by atoms with Crippen LogP contribution in [0.5, 0.6) is 28.7 Å². The fourth-order valence-corrected chi connectivity index (χ4v) is 3.97. The van der Waals surface area contributed by atoms with E-state index in [4.69, 9.17) is 23.7 Å². The Hall–Kier alpha value is -2.39. The third-order valence-corrected chi connectivity index (χ3v) is 5.64. The van der Waals surface area contributed by atoms with E-state index in [0.29, 0.717) is 33.2 Å². The topological polar surface area (TPSA) is 75.3 Å². The molecule has 1 amide bonds. The molecule has 7 nitrogen and oxygen atoms in total. The summed E-state index contributed by atoms with van der Waals surface area (Å²) in [4.78, 5) is 12.3. The second-order valence-electron chi connectivity index (χ2n) is 5.91. The zero-order valence-corrected chi connectivity index (χ0v) is 20.5. The molecule has 0 heterocycles. The first-order valence-corrected chi connectivity index (χ1v) is 10.3. The van der Waals surface area contributed by atoms with Gasteiger partial charge in [0.15, 0.2) is 23.0 Å². The number of carbonyl (C=O) groups excluding carboxylic acids is 1. The first-order chi connectivity index (χ1) is 14.4. The van der Waals surface area contributed by atoms with Crippen LogP contribution in [0.3, 0.4) is 0 Å². The third-order valence-electron chi connectivity index (χ3n) is 4.18. The van der Waals surface area contributed by atoms with Crippen LogP contribution in [0.15, 0.2) is 33.2 Å². The summed E-state index contributed by atoms with van der Waals surface area (Å²) >= 11 is 6.93. The number of hydrogen-bond acceptors (Lipinski definition) is 6. The summed E-state index contributed by atoms with van der Waals surface area (Å²) in [7, 11) is 7.73. The lowest BCUT2D eigenvalue weighted by molar-refractivity contribution is -0.116. The van der Waals surface area contributed by atoms with E-state index >= 15 is 0 Å². The van der Waals surface area contributed by atoms with Crippen molar-refractivity contribution in [3.8, 4) is 28.7 Å². The fourth-order valence-electron chi connectivity index (χ4n) is 2.75. The van der Waals surface area contributed by atoms with E-state index in [1.165, 1.54) is 27.4 Å². The van der Waals surface area contributed by atoms with Gasteiger partial charge in [0.2, 0.25) is 11.7 Å². The highest BCUT2D eigenvalue weighted by molar-refractivity contribution is 9.11. The molecule has 0 spiro atoms. The van der Waals surface area contributed by atoms with Crippen molar-refractivity contribution >= 4 is 43.8 Å². The minimum Gasteiger partial charge on any atom is -0.493 e. The van der Waals surface area contributed by atoms with Crippen LogP contribution in [0.1, 0.15) is 11.1 Å². The molecule has 30 heavy (non-hydrogen) atoms. The average Bonchev–Trinajstić information content (AvgIpc) is 2.75. The van der Waals surface area contributed by atoms with E-state index in [0.717, 1.165) is 15.6 Å². The van der Waals surface area contributed by atoms with Crippen LogP contribution in [0.25, 0.3) is 6.08 Å². The molecule has 1 N–H and O–H groups in total. The zero-order valence-electron chi connectivity index (χ0n) is 17.3. The van der Waals surface area contributed by atoms with Crippen molar-refractivity contribution in [1.29, 1.82) is 0 Å². The predicted molar refractivity (Wildman–Crippen MR) is 122 cm³/mol. The van der Waals surface area contributed by atoms with Crippen LogP contribution >= 0.6 is 31.9 Å². The first-order valence-electron chi connectivity index (χ1n) is 8.74. The monoisotopic (exact) mass is 543 g/mol. The lowest BCUT2D eigenvalue weighted by Crippen LogP contribution is -2.20. The molecular formula is C21H23Br2NO6. The van der Waals surface area contributed by atoms with Crippen LogP contribution in [-0.2, 0) is 11.3 Å². The second kappa shape index (κ2) is 11.1. The quantitative estimate of drug-likeness (QED) is 0.466. The second-order valence-corrected chi connectivity index (χ2v) is 7.56. The maximum absolute atomic E-state index is 12.3. The number of amides is 1. The number of benzene rings is 2. The SMILES string of the molecule is COc1cc(/C=C/C(=O)NCc2cc(OC)c(OC)c(OC)c2Br)cc(Br)c1OC. The van der Waals surface area contributed by atoms with Gasteiger partial charge in [0.25, 0.3) is 0 Å². The normalized spacial score (nSPS) is 10.6. The number of ether oxygens (including phenoxy) is 5. The van der Waals surface area contributed by atoms with Crippen LogP contribution in [0.2, 0.25) is 0 Å². The molecule has 2 aromatic carbocycles. The lowest BCUT2D eigenvalue weighted by Gasteiger charge is -2.16. The largest absolute Gasteiger partial charge is 0.493 e. The van der Waals surface area contributed by atoms with Gasteiger partial charge < -0.3 is 29.0 Å². The van der Waals surface area contributed by atoms with Crippen LogP contribution < -0.4 is 29.0 Å². The molecule has 0 unspecified atom stereocenters. The maximum atomic E-state index is 12.3. The van der Waals surface area contributed by atoms with E-state index < -0.39 is 0 Å². The molecular weight excluding hydrogens is 522 g/mol. The molecule has 0 radical (unpaired) electrons. The van der Waals surface area contributed by atoms with Gasteiger partial charge in [-0.3, -0.25) is 4.79 Å². The van der Waals surface area contributed by atoms with Gasteiger partial charge in [-0.1, -0.05) is 0 Å². The van der Waals surface area contributed by atoms with Gasteiger partial charge in [0.1, 0.15) is 0 Å². The van der Waals surface area contributed by atoms with Crippen molar-refractivity contribution < 1.29 is 28.5 Å².